The van der Waals surface area contributed by atoms with Crippen molar-refractivity contribution in [3.8, 4) is 11.1 Å². The zero-order valence-electron chi connectivity index (χ0n) is 18.1. The Morgan fingerprint density at radius 2 is 1.75 bits per heavy atom. The molecule has 0 saturated carbocycles. The van der Waals surface area contributed by atoms with Gasteiger partial charge in [0.2, 0.25) is 11.9 Å². The van der Waals surface area contributed by atoms with Gasteiger partial charge in [0.05, 0.1) is 13.7 Å². The van der Waals surface area contributed by atoms with Crippen LogP contribution in [0.4, 0.5) is 10.9 Å². The summed E-state index contributed by atoms with van der Waals surface area (Å²) in [4.78, 5) is 39.1. The van der Waals surface area contributed by atoms with Crippen LogP contribution < -0.4 is 10.2 Å². The third-order valence-electron chi connectivity index (χ3n) is 5.36. The van der Waals surface area contributed by atoms with Gasteiger partial charge in [-0.2, -0.15) is 0 Å². The third kappa shape index (κ3) is 4.79. The minimum atomic E-state index is -0.458. The van der Waals surface area contributed by atoms with Crippen molar-refractivity contribution in [1.29, 1.82) is 0 Å². The molecular weight excluding hydrogens is 426 g/mol. The maximum absolute atomic E-state index is 12.8. The van der Waals surface area contributed by atoms with Crippen LogP contribution in [-0.4, -0.2) is 66.6 Å². The number of rotatable bonds is 6. The van der Waals surface area contributed by atoms with Gasteiger partial charge in [0.15, 0.2) is 0 Å². The molecule has 1 saturated heterocycles. The number of esters is 1. The van der Waals surface area contributed by atoms with Gasteiger partial charge < -0.3 is 15.0 Å². The molecule has 3 aromatic rings. The Balaban J connectivity index is 1.44. The second-order valence-electron chi connectivity index (χ2n) is 7.46. The highest BCUT2D eigenvalue weighted by atomic mass is 32.1. The van der Waals surface area contributed by atoms with E-state index in [0.29, 0.717) is 16.5 Å². The van der Waals surface area contributed by atoms with Crippen LogP contribution in [0.15, 0.2) is 48.8 Å². The van der Waals surface area contributed by atoms with Crippen LogP contribution in [0.3, 0.4) is 0 Å². The summed E-state index contributed by atoms with van der Waals surface area (Å²) in [6.07, 6.45) is 3.46. The molecule has 3 heterocycles. The number of amides is 1. The summed E-state index contributed by atoms with van der Waals surface area (Å²) in [6.45, 7) is 5.16. The lowest BCUT2D eigenvalue weighted by Gasteiger charge is -2.34. The number of benzene rings is 1. The molecule has 8 nitrogen and oxygen atoms in total. The molecule has 9 heteroatoms. The van der Waals surface area contributed by atoms with E-state index in [-0.39, 0.29) is 12.5 Å². The number of methoxy groups -OCH3 is 1. The van der Waals surface area contributed by atoms with Crippen LogP contribution in [-0.2, 0) is 9.53 Å². The fourth-order valence-electron chi connectivity index (χ4n) is 3.81. The average molecular weight is 452 g/mol. The molecule has 0 aliphatic carbocycles. The predicted molar refractivity (Wildman–Crippen MR) is 125 cm³/mol. The Labute approximate surface area is 190 Å². The molecule has 1 aromatic carbocycles. The van der Waals surface area contributed by atoms with E-state index >= 15 is 0 Å². The Kier molecular flexibility index (Phi) is 6.77. The summed E-state index contributed by atoms with van der Waals surface area (Å²) < 4.78 is 5.03. The molecule has 1 N–H and O–H groups in total. The van der Waals surface area contributed by atoms with Crippen LogP contribution in [0.1, 0.15) is 15.2 Å². The number of carbonyl (C=O) groups excluding carboxylic acids is 2. The van der Waals surface area contributed by atoms with Gasteiger partial charge in [-0.05, 0) is 18.6 Å². The summed E-state index contributed by atoms with van der Waals surface area (Å²) in [5.41, 5.74) is 2.12. The first-order chi connectivity index (χ1) is 15.6. The largest absolute Gasteiger partial charge is 0.465 e. The average Bonchev–Trinajstić information content (AvgIpc) is 3.15. The first-order valence-corrected chi connectivity index (χ1v) is 11.2. The van der Waals surface area contributed by atoms with E-state index in [4.69, 9.17) is 4.74 Å². The van der Waals surface area contributed by atoms with Crippen molar-refractivity contribution in [2.45, 2.75) is 6.92 Å². The standard InChI is InChI=1S/C23H25N5O3S/c1-16-19(17-7-4-3-5-8-17)20(22(30)31-2)21(32-16)26-18(29)15-27-11-13-28(14-12-27)23-24-9-6-10-25-23/h3-10H,11-15H2,1-2H3,(H,26,29). The number of anilines is 2. The van der Waals surface area contributed by atoms with Crippen molar-refractivity contribution >= 4 is 34.2 Å². The Hall–Kier alpha value is -3.30. The number of carbonyl (C=O) groups is 2. The molecule has 32 heavy (non-hydrogen) atoms. The van der Waals surface area contributed by atoms with E-state index in [0.717, 1.165) is 42.2 Å². The molecule has 1 fully saturated rings. The van der Waals surface area contributed by atoms with E-state index in [9.17, 15) is 9.59 Å². The number of aryl methyl sites for hydroxylation is 1. The van der Waals surface area contributed by atoms with Crippen LogP contribution in [0.5, 0.6) is 0 Å². The van der Waals surface area contributed by atoms with E-state index in [1.165, 1.54) is 18.4 Å². The summed E-state index contributed by atoms with van der Waals surface area (Å²) in [5.74, 6) is 0.0993. The van der Waals surface area contributed by atoms with Crippen molar-refractivity contribution in [1.82, 2.24) is 14.9 Å². The van der Waals surface area contributed by atoms with E-state index in [1.54, 1.807) is 18.5 Å². The Morgan fingerprint density at radius 1 is 1.06 bits per heavy atom. The van der Waals surface area contributed by atoms with Crippen molar-refractivity contribution in [3.63, 3.8) is 0 Å². The first kappa shape index (κ1) is 21.9. The molecule has 4 rings (SSSR count). The zero-order chi connectivity index (χ0) is 22.5. The van der Waals surface area contributed by atoms with Crippen LogP contribution >= 0.6 is 11.3 Å². The maximum Gasteiger partial charge on any atom is 0.341 e. The minimum absolute atomic E-state index is 0.152. The van der Waals surface area contributed by atoms with Gasteiger partial charge in [-0.25, -0.2) is 14.8 Å². The van der Waals surface area contributed by atoms with Crippen LogP contribution in [0.2, 0.25) is 0 Å². The van der Waals surface area contributed by atoms with Crippen LogP contribution in [0.25, 0.3) is 11.1 Å². The number of aromatic nitrogens is 2. The molecule has 0 atom stereocenters. The van der Waals surface area contributed by atoms with Gasteiger partial charge in [0, 0.05) is 49.0 Å². The van der Waals surface area contributed by atoms with Gasteiger partial charge in [0.1, 0.15) is 10.6 Å². The predicted octanol–water partition coefficient (Wildman–Crippen LogP) is 3.06. The topological polar surface area (TPSA) is 87.7 Å². The normalized spacial score (nSPS) is 14.2. The first-order valence-electron chi connectivity index (χ1n) is 10.4. The van der Waals surface area contributed by atoms with Crippen LogP contribution in [0, 0.1) is 6.92 Å². The van der Waals surface area contributed by atoms with Crippen molar-refractivity contribution in [2.75, 3.05) is 50.1 Å². The molecule has 1 amide bonds. The number of thiophene rings is 1. The molecular formula is C23H25N5O3S. The summed E-state index contributed by atoms with van der Waals surface area (Å²) in [6, 6.07) is 11.5. The summed E-state index contributed by atoms with van der Waals surface area (Å²) >= 11 is 1.39. The maximum atomic E-state index is 12.8. The molecule has 1 aliphatic heterocycles. The lowest BCUT2D eigenvalue weighted by molar-refractivity contribution is -0.117. The van der Waals surface area contributed by atoms with Gasteiger partial charge in [-0.15, -0.1) is 11.3 Å². The lowest BCUT2D eigenvalue weighted by Crippen LogP contribution is -2.49. The Bertz CT molecular complexity index is 1080. The van der Waals surface area contributed by atoms with Crippen molar-refractivity contribution < 1.29 is 14.3 Å². The van der Waals surface area contributed by atoms with Gasteiger partial charge in [-0.3, -0.25) is 9.69 Å². The molecule has 2 aromatic heterocycles. The van der Waals surface area contributed by atoms with E-state index in [1.807, 2.05) is 37.3 Å². The van der Waals surface area contributed by atoms with Crippen molar-refractivity contribution in [3.05, 3.63) is 59.2 Å². The molecule has 1 aliphatic rings. The van der Waals surface area contributed by atoms with Gasteiger partial charge in [0.25, 0.3) is 0 Å². The SMILES string of the molecule is COC(=O)c1c(NC(=O)CN2CCN(c3ncccn3)CC2)sc(C)c1-c1ccccc1. The summed E-state index contributed by atoms with van der Waals surface area (Å²) in [5, 5.41) is 3.47. The number of ether oxygens (including phenoxy) is 1. The molecule has 0 bridgehead atoms. The second-order valence-corrected chi connectivity index (χ2v) is 8.68. The fraction of sp³-hybridized carbons (Fsp3) is 0.304. The highest BCUT2D eigenvalue weighted by Crippen LogP contribution is 2.40. The zero-order valence-corrected chi connectivity index (χ0v) is 18.9. The quantitative estimate of drug-likeness (QED) is 0.576. The molecule has 166 valence electrons. The minimum Gasteiger partial charge on any atom is -0.465 e. The third-order valence-corrected chi connectivity index (χ3v) is 6.38. The van der Waals surface area contributed by atoms with Gasteiger partial charge >= 0.3 is 5.97 Å². The van der Waals surface area contributed by atoms with E-state index < -0.39 is 5.97 Å². The van der Waals surface area contributed by atoms with E-state index in [2.05, 4.69) is 25.1 Å². The van der Waals surface area contributed by atoms with Crippen molar-refractivity contribution in [2.24, 2.45) is 0 Å². The second kappa shape index (κ2) is 9.88. The van der Waals surface area contributed by atoms with Gasteiger partial charge in [-0.1, -0.05) is 30.3 Å². The summed E-state index contributed by atoms with van der Waals surface area (Å²) in [7, 11) is 1.35. The monoisotopic (exact) mass is 451 g/mol. The number of hydrogen-bond donors (Lipinski definition) is 1. The molecule has 0 spiro atoms. The molecule has 0 radical (unpaired) electrons. The number of nitrogens with one attached hydrogen (secondary N) is 1. The highest BCUT2D eigenvalue weighted by Gasteiger charge is 2.26. The highest BCUT2D eigenvalue weighted by molar-refractivity contribution is 7.17. The smallest absolute Gasteiger partial charge is 0.341 e. The fourth-order valence-corrected chi connectivity index (χ4v) is 4.89. The number of piperazine rings is 1. The lowest BCUT2D eigenvalue weighted by atomic mass is 10.0. The molecule has 0 unspecified atom stereocenters. The number of hydrogen-bond acceptors (Lipinski definition) is 8. The Morgan fingerprint density at radius 3 is 2.41 bits per heavy atom. The number of nitrogens with zero attached hydrogens (tertiary/aromatic N) is 4.